The highest BCUT2D eigenvalue weighted by Crippen LogP contribution is 2.54. The second-order valence-electron chi connectivity index (χ2n) is 6.84. The Balaban J connectivity index is 1.89. The van der Waals surface area contributed by atoms with Crippen LogP contribution in [-0.4, -0.2) is 23.0 Å². The van der Waals surface area contributed by atoms with E-state index in [9.17, 15) is 26.7 Å². The molecular weight excluding hydrogens is 395 g/mol. The lowest BCUT2D eigenvalue weighted by atomic mass is 9.78. The van der Waals surface area contributed by atoms with Crippen LogP contribution in [0.25, 0.3) is 11.1 Å². The molecule has 0 spiro atoms. The molecule has 2 aromatic carbocycles. The highest BCUT2D eigenvalue weighted by Gasteiger charge is 2.58. The van der Waals surface area contributed by atoms with Crippen LogP contribution in [0.2, 0.25) is 0 Å². The second-order valence-corrected chi connectivity index (χ2v) is 6.84. The summed E-state index contributed by atoms with van der Waals surface area (Å²) in [5.74, 6) is -9.87. The molecule has 2 aliphatic carbocycles. The molecule has 0 aromatic heterocycles. The molecule has 0 saturated heterocycles. The van der Waals surface area contributed by atoms with Gasteiger partial charge in [-0.25, -0.2) is 26.7 Å². The standard InChI is InChI=1S/C21H13F5O3/c22-15-16(23)18(25)21(29-20(27)28,19(26)17(15)24)9-14-12-7-3-1-5-10(12)11-6-2-4-8-13(11)14/h1-8,14,18H,9H2,(H,27,28)/t18-,21+/m0/s1. The van der Waals surface area contributed by atoms with E-state index in [1.54, 1.807) is 48.5 Å². The Labute approximate surface area is 161 Å². The number of hydrogen-bond acceptors (Lipinski definition) is 2. The summed E-state index contributed by atoms with van der Waals surface area (Å²) in [6, 6.07) is 13.7. The maximum Gasteiger partial charge on any atom is 0.506 e. The molecule has 4 rings (SSSR count). The Morgan fingerprint density at radius 1 is 0.931 bits per heavy atom. The van der Waals surface area contributed by atoms with Crippen LogP contribution in [0, 0.1) is 0 Å². The molecular formula is C21H13F5O3. The number of ether oxygens (including phenoxy) is 1. The topological polar surface area (TPSA) is 46.5 Å². The number of allylic oxidation sites excluding steroid dienone is 2. The number of alkyl halides is 1. The fourth-order valence-electron chi connectivity index (χ4n) is 4.08. The molecule has 150 valence electrons. The molecule has 0 bridgehead atoms. The fraction of sp³-hybridized carbons (Fsp3) is 0.190. The van der Waals surface area contributed by atoms with Crippen LogP contribution < -0.4 is 0 Å². The first-order valence-corrected chi connectivity index (χ1v) is 8.63. The molecule has 8 heteroatoms. The molecule has 2 atom stereocenters. The maximum atomic E-state index is 14.8. The van der Waals surface area contributed by atoms with E-state index in [-0.39, 0.29) is 0 Å². The summed E-state index contributed by atoms with van der Waals surface area (Å²) in [6.07, 6.45) is -6.13. The van der Waals surface area contributed by atoms with E-state index in [0.717, 1.165) is 11.1 Å². The van der Waals surface area contributed by atoms with Crippen LogP contribution >= 0.6 is 0 Å². The first kappa shape index (κ1) is 19.2. The van der Waals surface area contributed by atoms with Gasteiger partial charge in [0.1, 0.15) is 0 Å². The molecule has 0 saturated carbocycles. The van der Waals surface area contributed by atoms with Crippen molar-refractivity contribution in [2.45, 2.75) is 24.1 Å². The summed E-state index contributed by atoms with van der Waals surface area (Å²) in [5, 5.41) is 9.04. The van der Waals surface area contributed by atoms with E-state index >= 15 is 0 Å². The molecule has 2 aromatic rings. The third kappa shape index (κ3) is 2.73. The second kappa shape index (κ2) is 6.72. The Morgan fingerprint density at radius 2 is 1.45 bits per heavy atom. The highest BCUT2D eigenvalue weighted by molar-refractivity contribution is 5.79. The van der Waals surface area contributed by atoms with E-state index in [0.29, 0.717) is 11.1 Å². The van der Waals surface area contributed by atoms with Crippen LogP contribution in [0.15, 0.2) is 71.8 Å². The number of rotatable bonds is 3. The third-order valence-electron chi connectivity index (χ3n) is 5.34. The molecule has 0 unspecified atom stereocenters. The van der Waals surface area contributed by atoms with Gasteiger partial charge in [0.05, 0.1) is 0 Å². The number of carboxylic acid groups (broad SMARTS) is 1. The predicted octanol–water partition coefficient (Wildman–Crippen LogP) is 6.28. The van der Waals surface area contributed by atoms with Crippen LogP contribution in [0.1, 0.15) is 23.5 Å². The number of halogens is 5. The zero-order chi connectivity index (χ0) is 20.9. The lowest BCUT2D eigenvalue weighted by molar-refractivity contribution is -0.0636. The monoisotopic (exact) mass is 408 g/mol. The summed E-state index contributed by atoms with van der Waals surface area (Å²) in [6.45, 7) is 0. The highest BCUT2D eigenvalue weighted by atomic mass is 19.2. The molecule has 0 fully saturated rings. The molecule has 3 nitrogen and oxygen atoms in total. The number of fused-ring (bicyclic) bond motifs is 3. The van der Waals surface area contributed by atoms with E-state index in [2.05, 4.69) is 4.74 Å². The first-order valence-electron chi connectivity index (χ1n) is 8.63. The van der Waals surface area contributed by atoms with Gasteiger partial charge < -0.3 is 9.84 Å². The predicted molar refractivity (Wildman–Crippen MR) is 93.6 cm³/mol. The van der Waals surface area contributed by atoms with Gasteiger partial charge in [0.2, 0.25) is 11.8 Å². The lowest BCUT2D eigenvalue weighted by Crippen LogP contribution is -2.48. The van der Waals surface area contributed by atoms with Crippen molar-refractivity contribution in [3.05, 3.63) is 83.0 Å². The van der Waals surface area contributed by atoms with Gasteiger partial charge in [-0.05, 0) is 22.3 Å². The minimum atomic E-state index is -3.20. The summed E-state index contributed by atoms with van der Waals surface area (Å²) in [7, 11) is 0. The SMILES string of the molecule is O=C(O)O[C@@]1(CC2c3ccccc3-c3ccccc32)C(F)=C(F)C(F)=C(F)[C@@H]1F. The van der Waals surface area contributed by atoms with Crippen molar-refractivity contribution in [1.82, 2.24) is 0 Å². The zero-order valence-corrected chi connectivity index (χ0v) is 14.6. The van der Waals surface area contributed by atoms with E-state index in [4.69, 9.17) is 5.11 Å². The van der Waals surface area contributed by atoms with E-state index in [1.807, 2.05) is 0 Å². The Kier molecular flexibility index (Phi) is 4.44. The largest absolute Gasteiger partial charge is 0.506 e. The van der Waals surface area contributed by atoms with Gasteiger partial charge >= 0.3 is 6.16 Å². The van der Waals surface area contributed by atoms with Gasteiger partial charge in [-0.2, -0.15) is 0 Å². The van der Waals surface area contributed by atoms with Gasteiger partial charge in [0.25, 0.3) is 0 Å². The normalized spacial score (nSPS) is 23.8. The number of hydrogen-bond donors (Lipinski definition) is 1. The fourth-order valence-corrected chi connectivity index (χ4v) is 4.08. The quantitative estimate of drug-likeness (QED) is 0.481. The first-order chi connectivity index (χ1) is 13.8. The average Bonchev–Trinajstić information content (AvgIpc) is 3.03. The number of benzene rings is 2. The van der Waals surface area contributed by atoms with Crippen molar-refractivity contribution >= 4 is 6.16 Å². The van der Waals surface area contributed by atoms with Crippen molar-refractivity contribution in [1.29, 1.82) is 0 Å². The lowest BCUT2D eigenvalue weighted by Gasteiger charge is -2.37. The van der Waals surface area contributed by atoms with Gasteiger partial charge in [0, 0.05) is 12.3 Å². The Morgan fingerprint density at radius 3 is 1.97 bits per heavy atom. The van der Waals surface area contributed by atoms with Crippen molar-refractivity contribution in [3.8, 4) is 11.1 Å². The van der Waals surface area contributed by atoms with Gasteiger partial charge in [0.15, 0.2) is 23.3 Å². The van der Waals surface area contributed by atoms with Crippen molar-refractivity contribution in [2.75, 3.05) is 0 Å². The summed E-state index contributed by atoms with van der Waals surface area (Å²) < 4.78 is 75.6. The molecule has 1 N–H and O–H groups in total. The third-order valence-corrected chi connectivity index (χ3v) is 5.34. The van der Waals surface area contributed by atoms with E-state index in [1.165, 1.54) is 0 Å². The van der Waals surface area contributed by atoms with Gasteiger partial charge in [-0.15, -0.1) is 0 Å². The molecule has 29 heavy (non-hydrogen) atoms. The minimum Gasteiger partial charge on any atom is -0.450 e. The summed E-state index contributed by atoms with van der Waals surface area (Å²) in [5.41, 5.74) is -0.574. The smallest absolute Gasteiger partial charge is 0.450 e. The molecule has 2 aliphatic rings. The molecule has 0 aliphatic heterocycles. The van der Waals surface area contributed by atoms with Gasteiger partial charge in [-0.3, -0.25) is 0 Å². The van der Waals surface area contributed by atoms with E-state index < -0.39 is 53.6 Å². The van der Waals surface area contributed by atoms with Crippen LogP contribution in [-0.2, 0) is 4.74 Å². The number of carbonyl (C=O) groups is 1. The maximum absolute atomic E-state index is 14.8. The van der Waals surface area contributed by atoms with Crippen LogP contribution in [0.3, 0.4) is 0 Å². The summed E-state index contributed by atoms with van der Waals surface area (Å²) in [4.78, 5) is 11.2. The average molecular weight is 408 g/mol. The van der Waals surface area contributed by atoms with Crippen molar-refractivity contribution in [3.63, 3.8) is 0 Å². The summed E-state index contributed by atoms with van der Waals surface area (Å²) >= 11 is 0. The van der Waals surface area contributed by atoms with Crippen molar-refractivity contribution in [2.24, 2.45) is 0 Å². The zero-order valence-electron chi connectivity index (χ0n) is 14.6. The van der Waals surface area contributed by atoms with Crippen LogP contribution in [0.4, 0.5) is 26.7 Å². The minimum absolute atomic E-state index is 0.581. The Hall–Kier alpha value is -3.16. The molecule has 0 heterocycles. The van der Waals surface area contributed by atoms with Crippen molar-refractivity contribution < 1.29 is 36.6 Å². The molecule has 0 amide bonds. The Bertz CT molecular complexity index is 1030. The van der Waals surface area contributed by atoms with Crippen LogP contribution in [0.5, 0.6) is 0 Å². The van der Waals surface area contributed by atoms with Gasteiger partial charge in [-0.1, -0.05) is 48.5 Å². The molecule has 0 radical (unpaired) electrons.